The number of rotatable bonds is 8. The van der Waals surface area contributed by atoms with Crippen LogP contribution in [-0.2, 0) is 23.7 Å². The summed E-state index contributed by atoms with van der Waals surface area (Å²) in [5, 5.41) is 47.6. The lowest BCUT2D eigenvalue weighted by Crippen LogP contribution is -2.60. The molecular formula is C15H24N6O9S. The average molecular weight is 464 g/mol. The number of nitrogens with zero attached hydrogens (tertiary/aromatic N) is 6. The number of carbonyl (C=O) groups excluding carboxylic acids is 1. The van der Waals surface area contributed by atoms with Crippen molar-refractivity contribution in [2.45, 2.75) is 68.2 Å². The third kappa shape index (κ3) is 6.19. The molecule has 2 heterocycles. The van der Waals surface area contributed by atoms with E-state index in [4.69, 9.17) is 30.0 Å². The van der Waals surface area contributed by atoms with Crippen molar-refractivity contribution in [2.24, 2.45) is 10.2 Å². The maximum atomic E-state index is 11.2. The van der Waals surface area contributed by atoms with Gasteiger partial charge in [0, 0.05) is 29.6 Å². The van der Waals surface area contributed by atoms with Crippen molar-refractivity contribution < 1.29 is 44.2 Å². The van der Waals surface area contributed by atoms with Crippen molar-refractivity contribution >= 4 is 16.9 Å². The van der Waals surface area contributed by atoms with E-state index in [-0.39, 0.29) is 10.9 Å². The van der Waals surface area contributed by atoms with Gasteiger partial charge in [-0.3, -0.25) is 4.79 Å². The molecule has 0 spiro atoms. The number of hydrogen-bond donors (Lipinski definition) is 4. The molecule has 0 amide bonds. The molecule has 0 unspecified atom stereocenters. The van der Waals surface area contributed by atoms with Crippen LogP contribution in [0.1, 0.15) is 6.92 Å². The lowest BCUT2D eigenvalue weighted by molar-refractivity contribution is -0.292. The van der Waals surface area contributed by atoms with Crippen molar-refractivity contribution in [1.29, 1.82) is 0 Å². The van der Waals surface area contributed by atoms with E-state index in [9.17, 15) is 25.2 Å². The van der Waals surface area contributed by atoms with Crippen molar-refractivity contribution in [3.63, 3.8) is 0 Å². The number of aliphatic hydroxyl groups is 4. The van der Waals surface area contributed by atoms with E-state index in [2.05, 4.69) is 20.1 Å². The van der Waals surface area contributed by atoms with Gasteiger partial charge < -0.3 is 39.4 Å². The highest BCUT2D eigenvalue weighted by atomic mass is 32.2. The van der Waals surface area contributed by atoms with E-state index < -0.39 is 67.9 Å². The Labute approximate surface area is 180 Å². The number of thioether (sulfide) groups is 1. The van der Waals surface area contributed by atoms with Crippen molar-refractivity contribution in [3.8, 4) is 0 Å². The number of azide groups is 2. The summed E-state index contributed by atoms with van der Waals surface area (Å²) in [6.45, 7) is 0.925. The van der Waals surface area contributed by atoms with Gasteiger partial charge in [-0.15, -0.1) is 0 Å². The minimum absolute atomic E-state index is 0.0112. The fourth-order valence-corrected chi connectivity index (χ4v) is 3.87. The summed E-state index contributed by atoms with van der Waals surface area (Å²) in [7, 11) is 1.25. The summed E-state index contributed by atoms with van der Waals surface area (Å²) in [5.41, 5.74) is 17.4. The molecule has 174 valence electrons. The van der Waals surface area contributed by atoms with Gasteiger partial charge in [-0.1, -0.05) is 22.0 Å². The first kappa shape index (κ1) is 25.6. The molecule has 2 aliphatic heterocycles. The second kappa shape index (κ2) is 11.8. The molecule has 2 aliphatic rings. The quantitative estimate of drug-likeness (QED) is 0.198. The smallest absolute Gasteiger partial charge is 0.185 e. The minimum Gasteiger partial charge on any atom is -0.390 e. The maximum absolute atomic E-state index is 11.2. The zero-order valence-corrected chi connectivity index (χ0v) is 17.4. The molecule has 2 fully saturated rings. The Kier molecular flexibility index (Phi) is 9.74. The Balaban J connectivity index is 2.11. The van der Waals surface area contributed by atoms with Crippen molar-refractivity contribution in [2.75, 3.05) is 19.5 Å². The summed E-state index contributed by atoms with van der Waals surface area (Å²) >= 11 is 0.867. The van der Waals surface area contributed by atoms with Gasteiger partial charge in [0.1, 0.15) is 30.4 Å². The SMILES string of the molecule is CO[C@@H]1O[C@H](CO[C@@H]2O[C@H](CSC(C)=O)[C@@H](O)[C@H](O)[C@H]2N=[N+]=[N-])[C@@H](O)[C@H](O)[C@H]1N=[N+]=[N-]. The van der Waals surface area contributed by atoms with Gasteiger partial charge >= 0.3 is 0 Å². The van der Waals surface area contributed by atoms with Gasteiger partial charge in [0.2, 0.25) is 0 Å². The van der Waals surface area contributed by atoms with Crippen LogP contribution in [0.25, 0.3) is 20.9 Å². The second-order valence-electron chi connectivity index (χ2n) is 6.81. The highest BCUT2D eigenvalue weighted by Gasteiger charge is 2.47. The third-order valence-corrected chi connectivity index (χ3v) is 5.72. The van der Waals surface area contributed by atoms with Gasteiger partial charge in [0.25, 0.3) is 0 Å². The Morgan fingerprint density at radius 1 is 0.968 bits per heavy atom. The first-order chi connectivity index (χ1) is 14.7. The largest absolute Gasteiger partial charge is 0.390 e. The standard InChI is InChI=1S/C15H24N6O9S/c1-5(22)31-4-7-11(24)13(26)9(19-21-17)15(30-7)28-3-6-10(23)12(25)8(18-20-16)14(27-2)29-6/h6-15,23-26H,3-4H2,1-2H3/t6-,7-,8-,9-,10-,11-,12-,13-,14-,15-/m1/s1. The molecule has 0 aliphatic carbocycles. The van der Waals surface area contributed by atoms with Gasteiger partial charge in [0.15, 0.2) is 17.7 Å². The second-order valence-corrected chi connectivity index (χ2v) is 8.01. The van der Waals surface area contributed by atoms with E-state index in [1.807, 2.05) is 0 Å². The number of hydrogen-bond acceptors (Lipinski definition) is 12. The molecule has 0 saturated carbocycles. The van der Waals surface area contributed by atoms with Crippen LogP contribution in [0, 0.1) is 0 Å². The Bertz CT molecular complexity index is 719. The minimum atomic E-state index is -1.55. The van der Waals surface area contributed by atoms with Crippen LogP contribution >= 0.6 is 11.8 Å². The number of ether oxygens (including phenoxy) is 4. The van der Waals surface area contributed by atoms with Crippen molar-refractivity contribution in [1.82, 2.24) is 0 Å². The molecule has 0 radical (unpaired) electrons. The molecule has 16 heteroatoms. The molecule has 0 aromatic rings. The topological polar surface area (TPSA) is 232 Å². The molecule has 0 aromatic heterocycles. The summed E-state index contributed by atoms with van der Waals surface area (Å²) in [6, 6.07) is -2.54. The van der Waals surface area contributed by atoms with E-state index in [1.54, 1.807) is 0 Å². The van der Waals surface area contributed by atoms with E-state index in [0.717, 1.165) is 11.8 Å². The first-order valence-electron chi connectivity index (χ1n) is 9.14. The van der Waals surface area contributed by atoms with Crippen LogP contribution in [0.5, 0.6) is 0 Å². The zero-order chi connectivity index (χ0) is 23.1. The summed E-state index contributed by atoms with van der Waals surface area (Å²) in [6.07, 6.45) is -10.7. The monoisotopic (exact) mass is 464 g/mol. The van der Waals surface area contributed by atoms with E-state index in [0.29, 0.717) is 0 Å². The predicted molar refractivity (Wildman–Crippen MR) is 103 cm³/mol. The number of methoxy groups -OCH3 is 1. The predicted octanol–water partition coefficient (Wildman–Crippen LogP) is -0.820. The van der Waals surface area contributed by atoms with Crippen LogP contribution in [0.3, 0.4) is 0 Å². The lowest BCUT2D eigenvalue weighted by Gasteiger charge is -2.43. The van der Waals surface area contributed by atoms with Crippen LogP contribution in [0.4, 0.5) is 0 Å². The molecular weight excluding hydrogens is 440 g/mol. The molecule has 0 aromatic carbocycles. The average Bonchev–Trinajstić information content (AvgIpc) is 2.74. The summed E-state index contributed by atoms with van der Waals surface area (Å²) in [4.78, 5) is 16.4. The Morgan fingerprint density at radius 3 is 2.00 bits per heavy atom. The van der Waals surface area contributed by atoms with Crippen LogP contribution in [0.2, 0.25) is 0 Å². The highest BCUT2D eigenvalue weighted by molar-refractivity contribution is 8.13. The first-order valence-corrected chi connectivity index (χ1v) is 10.1. The Hall–Kier alpha value is -1.68. The third-order valence-electron chi connectivity index (χ3n) is 4.81. The molecule has 2 saturated heterocycles. The normalized spacial score (nSPS) is 40.5. The fraction of sp³-hybridized carbons (Fsp3) is 0.933. The maximum Gasteiger partial charge on any atom is 0.185 e. The molecule has 2 rings (SSSR count). The summed E-state index contributed by atoms with van der Waals surface area (Å²) in [5.74, 6) is 0.0112. The van der Waals surface area contributed by atoms with Gasteiger partial charge in [0.05, 0.1) is 24.9 Å². The van der Waals surface area contributed by atoms with Crippen LogP contribution in [0.15, 0.2) is 10.2 Å². The van der Waals surface area contributed by atoms with Gasteiger partial charge in [-0.05, 0) is 11.1 Å². The van der Waals surface area contributed by atoms with Crippen molar-refractivity contribution in [3.05, 3.63) is 20.9 Å². The fourth-order valence-electron chi connectivity index (χ4n) is 3.19. The van der Waals surface area contributed by atoms with Gasteiger partial charge in [-0.25, -0.2) is 0 Å². The molecule has 4 N–H and O–H groups in total. The molecule has 10 atom stereocenters. The molecule has 0 bridgehead atoms. The summed E-state index contributed by atoms with van der Waals surface area (Å²) < 4.78 is 21.6. The number of aliphatic hydroxyl groups excluding tert-OH is 4. The van der Waals surface area contributed by atoms with Crippen LogP contribution < -0.4 is 0 Å². The highest BCUT2D eigenvalue weighted by Crippen LogP contribution is 2.29. The van der Waals surface area contributed by atoms with E-state index >= 15 is 0 Å². The lowest BCUT2D eigenvalue weighted by atomic mass is 9.97. The Morgan fingerprint density at radius 2 is 1.48 bits per heavy atom. The molecule has 31 heavy (non-hydrogen) atoms. The number of carbonyl (C=O) groups is 1. The molecule has 15 nitrogen and oxygen atoms in total. The van der Waals surface area contributed by atoms with Crippen LogP contribution in [-0.4, -0.2) is 106 Å². The van der Waals surface area contributed by atoms with E-state index in [1.165, 1.54) is 14.0 Å². The van der Waals surface area contributed by atoms with Gasteiger partial charge in [-0.2, -0.15) is 0 Å². The zero-order valence-electron chi connectivity index (χ0n) is 16.6.